The molecule has 5 fully saturated rings. The molecule has 26 heavy (non-hydrogen) atoms. The molecule has 5 aliphatic rings. The first kappa shape index (κ1) is 18.0. The second-order valence-corrected chi connectivity index (χ2v) is 9.31. The molecule has 1 heterocycles. The van der Waals surface area contributed by atoms with E-state index < -0.39 is 29.7 Å². The lowest BCUT2D eigenvalue weighted by Crippen LogP contribution is -2.59. The summed E-state index contributed by atoms with van der Waals surface area (Å²) in [5.74, 6) is 0.0597. The van der Waals surface area contributed by atoms with Crippen molar-refractivity contribution in [3.05, 3.63) is 0 Å². The molecular weight excluding hydrogens is 332 g/mol. The van der Waals surface area contributed by atoms with Gasteiger partial charge in [-0.05, 0) is 68.6 Å². The molecule has 0 spiro atoms. The summed E-state index contributed by atoms with van der Waals surface area (Å²) >= 11 is 0. The zero-order chi connectivity index (χ0) is 18.6. The smallest absolute Gasteiger partial charge is 0.317 e. The van der Waals surface area contributed by atoms with Crippen molar-refractivity contribution >= 4 is 17.9 Å². The predicted molar refractivity (Wildman–Crippen MR) is 93.7 cm³/mol. The van der Waals surface area contributed by atoms with E-state index in [4.69, 9.17) is 9.47 Å². The minimum absolute atomic E-state index is 0.210. The number of esters is 3. The van der Waals surface area contributed by atoms with Crippen LogP contribution < -0.4 is 0 Å². The maximum absolute atomic E-state index is 12.9. The van der Waals surface area contributed by atoms with E-state index in [9.17, 15) is 14.4 Å². The maximum atomic E-state index is 12.9. The molecule has 0 aromatic carbocycles. The van der Waals surface area contributed by atoms with E-state index >= 15 is 0 Å². The second kappa shape index (κ2) is 6.35. The first-order valence-electron chi connectivity index (χ1n) is 10.3. The fourth-order valence-corrected chi connectivity index (χ4v) is 6.50. The van der Waals surface area contributed by atoms with Crippen molar-refractivity contribution in [2.45, 2.75) is 71.3 Å². The molecule has 4 bridgehead atoms. The third-order valence-electron chi connectivity index (χ3n) is 7.85. The Labute approximate surface area is 155 Å². The van der Waals surface area contributed by atoms with Crippen LogP contribution in [0, 0.1) is 41.4 Å². The van der Waals surface area contributed by atoms with Crippen molar-refractivity contribution in [3.8, 4) is 0 Å². The van der Waals surface area contributed by atoms with Crippen molar-refractivity contribution in [3.63, 3.8) is 0 Å². The highest BCUT2D eigenvalue weighted by Crippen LogP contribution is 2.60. The third kappa shape index (κ3) is 2.69. The summed E-state index contributed by atoms with van der Waals surface area (Å²) in [6.07, 6.45) is 7.36. The number of carbonyl (C=O) groups is 3. The normalized spacial score (nSPS) is 44.9. The zero-order valence-electron chi connectivity index (χ0n) is 16.0. The van der Waals surface area contributed by atoms with E-state index in [0.29, 0.717) is 18.3 Å². The van der Waals surface area contributed by atoms with E-state index in [1.165, 1.54) is 32.1 Å². The number of carbonyl (C=O) groups excluding carboxylic acids is 3. The second-order valence-electron chi connectivity index (χ2n) is 9.31. The van der Waals surface area contributed by atoms with Crippen LogP contribution in [0.15, 0.2) is 0 Å². The Kier molecular flexibility index (Phi) is 4.39. The standard InChI is InChI=1S/C21H30O5/c1-4-21(15-7-13-6-14(9-15)10-16(21)8-13)26-18(22)11(2)5-17-12(3)19(23)25-20(17)24/h11-17H,4-10H2,1-3H3. The van der Waals surface area contributed by atoms with Gasteiger partial charge in [0.15, 0.2) is 0 Å². The first-order valence-corrected chi connectivity index (χ1v) is 10.3. The van der Waals surface area contributed by atoms with Gasteiger partial charge in [-0.2, -0.15) is 0 Å². The monoisotopic (exact) mass is 362 g/mol. The highest BCUT2D eigenvalue weighted by atomic mass is 16.6. The van der Waals surface area contributed by atoms with Crippen LogP contribution in [0.3, 0.4) is 0 Å². The molecular formula is C21H30O5. The van der Waals surface area contributed by atoms with E-state index in [2.05, 4.69) is 6.92 Å². The number of ether oxygens (including phenoxy) is 2. The maximum Gasteiger partial charge on any atom is 0.317 e. The number of rotatable bonds is 5. The predicted octanol–water partition coefficient (Wildman–Crippen LogP) is 3.50. The van der Waals surface area contributed by atoms with E-state index in [1.54, 1.807) is 6.92 Å². The quantitative estimate of drug-likeness (QED) is 0.553. The summed E-state index contributed by atoms with van der Waals surface area (Å²) in [6, 6.07) is 0. The largest absolute Gasteiger partial charge is 0.458 e. The van der Waals surface area contributed by atoms with Gasteiger partial charge in [0.25, 0.3) is 0 Å². The van der Waals surface area contributed by atoms with Gasteiger partial charge in [0.1, 0.15) is 5.60 Å². The summed E-state index contributed by atoms with van der Waals surface area (Å²) < 4.78 is 11.0. The Morgan fingerprint density at radius 1 is 1.12 bits per heavy atom. The molecule has 3 atom stereocenters. The van der Waals surface area contributed by atoms with Gasteiger partial charge in [-0.1, -0.05) is 20.8 Å². The molecule has 144 valence electrons. The molecule has 5 nitrogen and oxygen atoms in total. The molecule has 0 amide bonds. The molecule has 4 saturated carbocycles. The zero-order valence-corrected chi connectivity index (χ0v) is 16.0. The minimum atomic E-state index is -0.527. The van der Waals surface area contributed by atoms with Gasteiger partial charge in [-0.25, -0.2) is 0 Å². The lowest BCUT2D eigenvalue weighted by Gasteiger charge is -2.60. The molecule has 0 N–H and O–H groups in total. The fourth-order valence-electron chi connectivity index (χ4n) is 6.50. The Balaban J connectivity index is 1.45. The number of cyclic esters (lactones) is 2. The SMILES string of the molecule is CCC1(OC(=O)C(C)CC2C(=O)OC(=O)C2C)C2CC3CC(C2)CC1C3. The Hall–Kier alpha value is -1.39. The van der Waals surface area contributed by atoms with Crippen LogP contribution in [-0.2, 0) is 23.9 Å². The summed E-state index contributed by atoms with van der Waals surface area (Å²) in [6.45, 7) is 5.65. The van der Waals surface area contributed by atoms with Crippen molar-refractivity contribution < 1.29 is 23.9 Å². The van der Waals surface area contributed by atoms with Crippen LogP contribution in [-0.4, -0.2) is 23.5 Å². The molecule has 1 saturated heterocycles. The van der Waals surface area contributed by atoms with Gasteiger partial charge >= 0.3 is 17.9 Å². The van der Waals surface area contributed by atoms with Crippen LogP contribution in [0.1, 0.15) is 65.7 Å². The topological polar surface area (TPSA) is 69.7 Å². The summed E-state index contributed by atoms with van der Waals surface area (Å²) in [7, 11) is 0. The molecule has 0 aromatic rings. The first-order chi connectivity index (χ1) is 12.3. The van der Waals surface area contributed by atoms with E-state index in [0.717, 1.165) is 18.3 Å². The van der Waals surface area contributed by atoms with Gasteiger partial charge in [0.2, 0.25) is 0 Å². The van der Waals surface area contributed by atoms with Crippen LogP contribution in [0.25, 0.3) is 0 Å². The van der Waals surface area contributed by atoms with Gasteiger partial charge in [-0.15, -0.1) is 0 Å². The van der Waals surface area contributed by atoms with Crippen molar-refractivity contribution in [1.29, 1.82) is 0 Å². The molecule has 5 rings (SSSR count). The number of hydrogen-bond acceptors (Lipinski definition) is 5. The Morgan fingerprint density at radius 3 is 2.15 bits per heavy atom. The van der Waals surface area contributed by atoms with Crippen molar-refractivity contribution in [2.75, 3.05) is 0 Å². The summed E-state index contributed by atoms with van der Waals surface area (Å²) in [4.78, 5) is 36.4. The molecule has 5 heteroatoms. The fraction of sp³-hybridized carbons (Fsp3) is 0.857. The van der Waals surface area contributed by atoms with Gasteiger partial charge in [0, 0.05) is 0 Å². The molecule has 3 unspecified atom stereocenters. The summed E-state index contributed by atoms with van der Waals surface area (Å²) in [5, 5.41) is 0. The highest BCUT2D eigenvalue weighted by Gasteiger charge is 2.58. The average Bonchev–Trinajstić information content (AvgIpc) is 2.83. The highest BCUT2D eigenvalue weighted by molar-refractivity contribution is 5.96. The summed E-state index contributed by atoms with van der Waals surface area (Å²) in [5.41, 5.74) is -0.309. The van der Waals surface area contributed by atoms with E-state index in [-0.39, 0.29) is 11.6 Å². The van der Waals surface area contributed by atoms with Gasteiger partial charge in [-0.3, -0.25) is 14.4 Å². The van der Waals surface area contributed by atoms with E-state index in [1.807, 2.05) is 6.92 Å². The van der Waals surface area contributed by atoms with Gasteiger partial charge in [0.05, 0.1) is 17.8 Å². The van der Waals surface area contributed by atoms with Crippen LogP contribution >= 0.6 is 0 Å². The molecule has 4 aliphatic carbocycles. The van der Waals surface area contributed by atoms with Crippen LogP contribution in [0.2, 0.25) is 0 Å². The Bertz CT molecular complexity index is 596. The third-order valence-corrected chi connectivity index (χ3v) is 7.85. The molecule has 0 radical (unpaired) electrons. The van der Waals surface area contributed by atoms with Crippen molar-refractivity contribution in [1.82, 2.24) is 0 Å². The van der Waals surface area contributed by atoms with Crippen molar-refractivity contribution in [2.24, 2.45) is 41.4 Å². The number of hydrogen-bond donors (Lipinski definition) is 0. The lowest BCUT2D eigenvalue weighted by atomic mass is 9.49. The Morgan fingerprint density at radius 2 is 1.69 bits per heavy atom. The molecule has 1 aliphatic heterocycles. The minimum Gasteiger partial charge on any atom is -0.458 e. The van der Waals surface area contributed by atoms with Crippen LogP contribution in [0.5, 0.6) is 0 Å². The molecule has 0 aromatic heterocycles. The average molecular weight is 362 g/mol. The van der Waals surface area contributed by atoms with Gasteiger partial charge < -0.3 is 9.47 Å². The van der Waals surface area contributed by atoms with Crippen LogP contribution in [0.4, 0.5) is 0 Å². The lowest BCUT2D eigenvalue weighted by molar-refractivity contribution is -0.214.